The lowest BCUT2D eigenvalue weighted by Crippen LogP contribution is -2.41. The molecule has 3 heterocycles. The number of nitrogens with one attached hydrogen (secondary N) is 1. The van der Waals surface area contributed by atoms with Crippen molar-refractivity contribution in [2.75, 3.05) is 18.1 Å². The predicted octanol–water partition coefficient (Wildman–Crippen LogP) is 3.40. The molecule has 36 heavy (non-hydrogen) atoms. The van der Waals surface area contributed by atoms with Crippen LogP contribution >= 0.6 is 0 Å². The lowest BCUT2D eigenvalue weighted by molar-refractivity contribution is 0.0701. The van der Waals surface area contributed by atoms with Gasteiger partial charge >= 0.3 is 0 Å². The molecule has 0 spiro atoms. The third kappa shape index (κ3) is 4.39. The molecule has 9 nitrogen and oxygen atoms in total. The minimum atomic E-state index is -3.37. The first-order valence-electron chi connectivity index (χ1n) is 11.6. The number of benzene rings is 2. The van der Waals surface area contributed by atoms with Gasteiger partial charge in [-0.3, -0.25) is 9.59 Å². The van der Waals surface area contributed by atoms with E-state index in [1.807, 2.05) is 38.1 Å². The van der Waals surface area contributed by atoms with E-state index in [1.54, 1.807) is 23.1 Å². The quantitative estimate of drug-likeness (QED) is 0.441. The Bertz CT molecular complexity index is 1600. The molecule has 1 amide bonds. The average Bonchev–Trinajstić information content (AvgIpc) is 3.27. The van der Waals surface area contributed by atoms with Gasteiger partial charge in [-0.05, 0) is 56.7 Å². The molecule has 0 radical (unpaired) electrons. The summed E-state index contributed by atoms with van der Waals surface area (Å²) in [6.07, 6.45) is 1.48. The summed E-state index contributed by atoms with van der Waals surface area (Å²) >= 11 is 0. The Balaban J connectivity index is 1.52. The molecule has 4 aromatic rings. The van der Waals surface area contributed by atoms with Gasteiger partial charge in [-0.25, -0.2) is 18.0 Å². The summed E-state index contributed by atoms with van der Waals surface area (Å²) in [5.41, 5.74) is 1.97. The molecule has 0 unspecified atom stereocenters. The Morgan fingerprint density at radius 3 is 2.50 bits per heavy atom. The summed E-state index contributed by atoms with van der Waals surface area (Å²) in [5.74, 6) is 0.330. The highest BCUT2D eigenvalue weighted by Crippen LogP contribution is 2.24. The van der Waals surface area contributed by atoms with Crippen LogP contribution in [0.15, 0.2) is 68.7 Å². The van der Waals surface area contributed by atoms with Crippen LogP contribution in [0.25, 0.3) is 16.7 Å². The number of furan rings is 1. The predicted molar refractivity (Wildman–Crippen MR) is 136 cm³/mol. The molecular weight excluding hydrogens is 480 g/mol. The highest BCUT2D eigenvalue weighted by molar-refractivity contribution is 7.90. The van der Waals surface area contributed by atoms with E-state index in [0.29, 0.717) is 41.4 Å². The van der Waals surface area contributed by atoms with Gasteiger partial charge in [0, 0.05) is 29.8 Å². The second kappa shape index (κ2) is 8.94. The van der Waals surface area contributed by atoms with Gasteiger partial charge in [0.1, 0.15) is 5.58 Å². The van der Waals surface area contributed by atoms with Crippen LogP contribution in [0, 0.1) is 0 Å². The minimum absolute atomic E-state index is 0.0200. The van der Waals surface area contributed by atoms with Crippen molar-refractivity contribution in [2.24, 2.45) is 0 Å². The van der Waals surface area contributed by atoms with Crippen molar-refractivity contribution in [1.82, 2.24) is 14.5 Å². The van der Waals surface area contributed by atoms with E-state index in [1.165, 1.54) is 16.7 Å². The molecule has 0 aliphatic carbocycles. The molecule has 0 atom stereocenters. The van der Waals surface area contributed by atoms with Gasteiger partial charge in [-0.1, -0.05) is 18.2 Å². The van der Waals surface area contributed by atoms with E-state index >= 15 is 0 Å². The highest BCUT2D eigenvalue weighted by Gasteiger charge is 2.29. The average molecular weight is 507 g/mol. The normalized spacial score (nSPS) is 13.7. The molecule has 1 aliphatic rings. The van der Waals surface area contributed by atoms with Gasteiger partial charge in [-0.2, -0.15) is 0 Å². The maximum absolute atomic E-state index is 13.6. The first kappa shape index (κ1) is 23.8. The Labute approximate surface area is 208 Å². The number of nitrogens with zero attached hydrogens (tertiary/aromatic N) is 3. The molecule has 10 heteroatoms. The van der Waals surface area contributed by atoms with Crippen molar-refractivity contribution in [1.29, 1.82) is 0 Å². The van der Waals surface area contributed by atoms with Crippen molar-refractivity contribution in [3.05, 3.63) is 82.0 Å². The number of carbonyl (C=O) groups is 1. The summed E-state index contributed by atoms with van der Waals surface area (Å²) in [6.45, 7) is 4.39. The molecule has 0 bridgehead atoms. The number of para-hydroxylation sites is 1. The van der Waals surface area contributed by atoms with Crippen molar-refractivity contribution in [2.45, 2.75) is 37.8 Å². The zero-order valence-electron chi connectivity index (χ0n) is 20.2. The molecule has 2 aromatic heterocycles. The third-order valence-corrected chi connectivity index (χ3v) is 7.23. The molecule has 5 rings (SSSR count). The number of aromatic nitrogens is 2. The molecular formula is C26H26N4O5S. The van der Waals surface area contributed by atoms with Crippen LogP contribution in [0.1, 0.15) is 35.7 Å². The van der Waals surface area contributed by atoms with E-state index in [-0.39, 0.29) is 34.7 Å². The maximum atomic E-state index is 13.6. The number of amides is 1. The summed E-state index contributed by atoms with van der Waals surface area (Å²) in [4.78, 5) is 33.3. The maximum Gasteiger partial charge on any atom is 0.289 e. The SMILES string of the molecule is CC(C)Nc1nc2c(c(=O)n1-c1ccc(S(C)(=O)=O)cc1)CCN(C(=O)c1cc3ccccc3o1)C2. The monoisotopic (exact) mass is 506 g/mol. The summed E-state index contributed by atoms with van der Waals surface area (Å²) < 4.78 is 30.9. The van der Waals surface area contributed by atoms with Gasteiger partial charge in [0.2, 0.25) is 5.95 Å². The van der Waals surface area contributed by atoms with Crippen LogP contribution in [0.3, 0.4) is 0 Å². The number of hydrogen-bond acceptors (Lipinski definition) is 7. The minimum Gasteiger partial charge on any atom is -0.451 e. The van der Waals surface area contributed by atoms with Gasteiger partial charge < -0.3 is 14.6 Å². The van der Waals surface area contributed by atoms with E-state index < -0.39 is 9.84 Å². The molecule has 186 valence electrons. The highest BCUT2D eigenvalue weighted by atomic mass is 32.2. The van der Waals surface area contributed by atoms with Crippen molar-refractivity contribution < 1.29 is 17.6 Å². The van der Waals surface area contributed by atoms with E-state index in [0.717, 1.165) is 11.6 Å². The second-order valence-electron chi connectivity index (χ2n) is 9.19. The smallest absolute Gasteiger partial charge is 0.289 e. The van der Waals surface area contributed by atoms with Crippen molar-refractivity contribution in [3.8, 4) is 5.69 Å². The van der Waals surface area contributed by atoms with Crippen molar-refractivity contribution in [3.63, 3.8) is 0 Å². The second-order valence-corrected chi connectivity index (χ2v) is 11.2. The summed E-state index contributed by atoms with van der Waals surface area (Å²) in [5, 5.41) is 4.06. The van der Waals surface area contributed by atoms with E-state index in [9.17, 15) is 18.0 Å². The first-order chi connectivity index (χ1) is 17.1. The van der Waals surface area contributed by atoms with E-state index in [4.69, 9.17) is 9.40 Å². The number of carbonyl (C=O) groups excluding carboxylic acids is 1. The molecule has 1 aliphatic heterocycles. The number of rotatable bonds is 5. The van der Waals surface area contributed by atoms with E-state index in [2.05, 4.69) is 5.32 Å². The molecule has 0 saturated carbocycles. The zero-order chi connectivity index (χ0) is 25.6. The van der Waals surface area contributed by atoms with Gasteiger partial charge in [-0.15, -0.1) is 0 Å². The Kier molecular flexibility index (Phi) is 5.91. The molecule has 1 N–H and O–H groups in total. The Morgan fingerprint density at radius 2 is 1.83 bits per heavy atom. The van der Waals surface area contributed by atoms with Crippen LogP contribution in [-0.4, -0.2) is 47.6 Å². The summed E-state index contributed by atoms with van der Waals surface area (Å²) in [6, 6.07) is 15.3. The molecule has 0 saturated heterocycles. The fourth-order valence-corrected chi connectivity index (χ4v) is 4.97. The summed E-state index contributed by atoms with van der Waals surface area (Å²) in [7, 11) is -3.37. The molecule has 0 fully saturated rings. The van der Waals surface area contributed by atoms with Crippen molar-refractivity contribution >= 4 is 32.7 Å². The van der Waals surface area contributed by atoms with Gasteiger partial charge in [0.25, 0.3) is 11.5 Å². The standard InChI is InChI=1S/C26H26N4O5S/c1-16(2)27-26-28-21-15-29(25(32)23-14-17-6-4-5-7-22(17)35-23)13-12-20(21)24(31)30(26)18-8-10-19(11-9-18)36(3,33)34/h4-11,14,16H,12-13,15H2,1-3H3,(H,27,28). The third-order valence-electron chi connectivity index (χ3n) is 6.10. The number of fused-ring (bicyclic) bond motifs is 2. The lowest BCUT2D eigenvalue weighted by Gasteiger charge is -2.28. The first-order valence-corrected chi connectivity index (χ1v) is 13.5. The van der Waals surface area contributed by atoms with Crippen LogP contribution in [0.4, 0.5) is 5.95 Å². The van der Waals surface area contributed by atoms with Crippen LogP contribution < -0.4 is 10.9 Å². The fourth-order valence-electron chi connectivity index (χ4n) is 4.34. The van der Waals surface area contributed by atoms with Crippen LogP contribution in [0.2, 0.25) is 0 Å². The topological polar surface area (TPSA) is 115 Å². The van der Waals surface area contributed by atoms with Crippen LogP contribution in [-0.2, 0) is 22.8 Å². The number of anilines is 1. The number of sulfone groups is 1. The van der Waals surface area contributed by atoms with Gasteiger partial charge in [0.15, 0.2) is 15.6 Å². The lowest BCUT2D eigenvalue weighted by atomic mass is 10.1. The van der Waals surface area contributed by atoms with Crippen LogP contribution in [0.5, 0.6) is 0 Å². The zero-order valence-corrected chi connectivity index (χ0v) is 21.0. The fraction of sp³-hybridized carbons (Fsp3) is 0.269. The van der Waals surface area contributed by atoms with Gasteiger partial charge in [0.05, 0.1) is 22.8 Å². The Morgan fingerprint density at radius 1 is 1.11 bits per heavy atom. The molecule has 2 aromatic carbocycles. The Hall–Kier alpha value is -3.92. The largest absolute Gasteiger partial charge is 0.451 e. The number of hydrogen-bond donors (Lipinski definition) is 1.